The van der Waals surface area contributed by atoms with Gasteiger partial charge in [0, 0.05) is 36.1 Å². The average molecular weight is 290 g/mol. The minimum absolute atomic E-state index is 0.0131. The molecular formula is C15H16ClN3O. The van der Waals surface area contributed by atoms with Crippen LogP contribution in [0.15, 0.2) is 30.3 Å². The number of hydrogen-bond donors (Lipinski definition) is 1. The van der Waals surface area contributed by atoms with E-state index in [4.69, 9.17) is 11.6 Å². The van der Waals surface area contributed by atoms with Gasteiger partial charge < -0.3 is 10.2 Å². The number of carbonyl (C=O) groups excluding carboxylic acids is 1. The number of aromatic nitrogens is 1. The minimum Gasteiger partial charge on any atom is -0.332 e. The number of amides is 1. The van der Waals surface area contributed by atoms with E-state index in [-0.39, 0.29) is 11.9 Å². The van der Waals surface area contributed by atoms with Gasteiger partial charge in [-0.15, -0.1) is 0 Å². The molecule has 0 saturated carbocycles. The van der Waals surface area contributed by atoms with Crippen LogP contribution in [0.3, 0.4) is 0 Å². The summed E-state index contributed by atoms with van der Waals surface area (Å²) in [4.78, 5) is 18.9. The molecule has 1 N–H and O–H groups in total. The predicted octanol–water partition coefficient (Wildman–Crippen LogP) is 2.32. The maximum Gasteiger partial charge on any atom is 0.272 e. The Balaban J connectivity index is 1.94. The molecule has 2 heterocycles. The zero-order valence-electron chi connectivity index (χ0n) is 11.3. The molecule has 0 radical (unpaired) electrons. The molecule has 3 rings (SSSR count). The zero-order valence-corrected chi connectivity index (χ0v) is 12.0. The van der Waals surface area contributed by atoms with Crippen molar-refractivity contribution in [2.75, 3.05) is 19.6 Å². The normalized spacial score (nSPS) is 19.3. The molecule has 1 amide bonds. The molecule has 0 aliphatic carbocycles. The van der Waals surface area contributed by atoms with Crippen molar-refractivity contribution >= 4 is 28.4 Å². The fourth-order valence-electron chi connectivity index (χ4n) is 2.50. The molecule has 0 bridgehead atoms. The third kappa shape index (κ3) is 2.49. The molecule has 20 heavy (non-hydrogen) atoms. The Hall–Kier alpha value is -1.65. The van der Waals surface area contributed by atoms with Gasteiger partial charge in [0.1, 0.15) is 5.69 Å². The molecule has 1 saturated heterocycles. The highest BCUT2D eigenvalue weighted by atomic mass is 35.5. The number of halogens is 1. The van der Waals surface area contributed by atoms with E-state index >= 15 is 0 Å². The number of fused-ring (bicyclic) bond motifs is 1. The average Bonchev–Trinajstić information content (AvgIpc) is 2.46. The summed E-state index contributed by atoms with van der Waals surface area (Å²) in [6, 6.07) is 9.41. The third-order valence-corrected chi connectivity index (χ3v) is 3.87. The third-order valence-electron chi connectivity index (χ3n) is 3.64. The number of hydrogen-bond acceptors (Lipinski definition) is 3. The summed E-state index contributed by atoms with van der Waals surface area (Å²) in [5.41, 5.74) is 1.24. The zero-order chi connectivity index (χ0) is 14.1. The Labute approximate surface area is 122 Å². The first-order valence-corrected chi connectivity index (χ1v) is 7.11. The Bertz CT molecular complexity index is 659. The van der Waals surface area contributed by atoms with Crippen LogP contribution in [0, 0.1) is 0 Å². The van der Waals surface area contributed by atoms with Crippen LogP contribution in [0.25, 0.3) is 10.9 Å². The van der Waals surface area contributed by atoms with Gasteiger partial charge in [-0.2, -0.15) is 0 Å². The molecule has 1 fully saturated rings. The Morgan fingerprint density at radius 3 is 3.00 bits per heavy atom. The van der Waals surface area contributed by atoms with Crippen molar-refractivity contribution in [3.63, 3.8) is 0 Å². The summed E-state index contributed by atoms with van der Waals surface area (Å²) < 4.78 is 0. The van der Waals surface area contributed by atoms with Gasteiger partial charge in [-0.3, -0.25) is 4.79 Å². The quantitative estimate of drug-likeness (QED) is 0.876. The summed E-state index contributed by atoms with van der Waals surface area (Å²) in [6.07, 6.45) is 0. The molecule has 0 spiro atoms. The number of nitrogens with zero attached hydrogens (tertiary/aromatic N) is 2. The van der Waals surface area contributed by atoms with Crippen molar-refractivity contribution in [1.82, 2.24) is 15.2 Å². The molecule has 1 atom stereocenters. The van der Waals surface area contributed by atoms with Crippen molar-refractivity contribution in [3.05, 3.63) is 41.0 Å². The lowest BCUT2D eigenvalue weighted by Gasteiger charge is -2.33. The highest BCUT2D eigenvalue weighted by Gasteiger charge is 2.24. The van der Waals surface area contributed by atoms with Crippen molar-refractivity contribution in [3.8, 4) is 0 Å². The van der Waals surface area contributed by atoms with E-state index in [9.17, 15) is 4.79 Å². The van der Waals surface area contributed by atoms with Crippen LogP contribution >= 0.6 is 11.6 Å². The van der Waals surface area contributed by atoms with E-state index in [0.29, 0.717) is 10.7 Å². The second-order valence-electron chi connectivity index (χ2n) is 5.09. The van der Waals surface area contributed by atoms with Crippen molar-refractivity contribution in [2.24, 2.45) is 0 Å². The number of piperazine rings is 1. The molecule has 104 valence electrons. The van der Waals surface area contributed by atoms with Crippen LogP contribution < -0.4 is 5.32 Å². The van der Waals surface area contributed by atoms with E-state index in [2.05, 4.69) is 10.3 Å². The molecular weight excluding hydrogens is 274 g/mol. The standard InChI is InChI=1S/C15H16ClN3O/c1-10-9-17-6-7-19(10)15(20)13-5-3-11-2-4-12(16)8-14(11)18-13/h2-5,8,10,17H,6-7,9H2,1H3/t10-/m0/s1. The lowest BCUT2D eigenvalue weighted by Crippen LogP contribution is -2.52. The fourth-order valence-corrected chi connectivity index (χ4v) is 2.67. The molecule has 1 aliphatic heterocycles. The minimum atomic E-state index is -0.0131. The fraction of sp³-hybridized carbons (Fsp3) is 0.333. The maximum absolute atomic E-state index is 12.5. The van der Waals surface area contributed by atoms with E-state index in [0.717, 1.165) is 30.5 Å². The summed E-state index contributed by atoms with van der Waals surface area (Å²) in [5.74, 6) is -0.0131. The first-order valence-electron chi connectivity index (χ1n) is 6.73. The van der Waals surface area contributed by atoms with Crippen molar-refractivity contribution in [1.29, 1.82) is 0 Å². The van der Waals surface area contributed by atoms with Crippen LogP contribution in [0.4, 0.5) is 0 Å². The summed E-state index contributed by atoms with van der Waals surface area (Å²) in [7, 11) is 0. The van der Waals surface area contributed by atoms with Crippen LogP contribution in [0.2, 0.25) is 5.02 Å². The highest BCUT2D eigenvalue weighted by Crippen LogP contribution is 2.19. The van der Waals surface area contributed by atoms with Gasteiger partial charge in [0.2, 0.25) is 0 Å². The molecule has 1 aliphatic rings. The molecule has 4 nitrogen and oxygen atoms in total. The van der Waals surface area contributed by atoms with Gasteiger partial charge in [0.25, 0.3) is 5.91 Å². The first kappa shape index (κ1) is 13.3. The van der Waals surface area contributed by atoms with Crippen LogP contribution in [-0.4, -0.2) is 41.5 Å². The Morgan fingerprint density at radius 2 is 2.20 bits per heavy atom. The van der Waals surface area contributed by atoms with Crippen molar-refractivity contribution < 1.29 is 4.79 Å². The van der Waals surface area contributed by atoms with Gasteiger partial charge in [-0.25, -0.2) is 4.98 Å². The summed E-state index contributed by atoms with van der Waals surface area (Å²) in [6.45, 7) is 4.41. The maximum atomic E-state index is 12.5. The second kappa shape index (κ2) is 5.38. The molecule has 5 heteroatoms. The van der Waals surface area contributed by atoms with Crippen LogP contribution in [0.5, 0.6) is 0 Å². The number of rotatable bonds is 1. The lowest BCUT2D eigenvalue weighted by molar-refractivity contribution is 0.0650. The van der Waals surface area contributed by atoms with Gasteiger partial charge in [-0.05, 0) is 25.1 Å². The molecule has 1 aromatic carbocycles. The second-order valence-corrected chi connectivity index (χ2v) is 5.52. The van der Waals surface area contributed by atoms with Gasteiger partial charge in [0.05, 0.1) is 5.52 Å². The Kier molecular flexibility index (Phi) is 3.59. The van der Waals surface area contributed by atoms with E-state index in [1.54, 1.807) is 12.1 Å². The van der Waals surface area contributed by atoms with Gasteiger partial charge in [0.15, 0.2) is 0 Å². The number of pyridine rings is 1. The van der Waals surface area contributed by atoms with E-state index in [1.807, 2.05) is 30.0 Å². The summed E-state index contributed by atoms with van der Waals surface area (Å²) >= 11 is 5.98. The van der Waals surface area contributed by atoms with Crippen molar-refractivity contribution in [2.45, 2.75) is 13.0 Å². The topological polar surface area (TPSA) is 45.2 Å². The van der Waals surface area contributed by atoms with Gasteiger partial charge in [-0.1, -0.05) is 23.7 Å². The van der Waals surface area contributed by atoms with Gasteiger partial charge >= 0.3 is 0 Å². The highest BCUT2D eigenvalue weighted by molar-refractivity contribution is 6.31. The number of benzene rings is 1. The van der Waals surface area contributed by atoms with E-state index < -0.39 is 0 Å². The molecule has 1 aromatic heterocycles. The first-order chi connectivity index (χ1) is 9.65. The number of nitrogens with one attached hydrogen (secondary N) is 1. The largest absolute Gasteiger partial charge is 0.332 e. The van der Waals surface area contributed by atoms with Crippen LogP contribution in [-0.2, 0) is 0 Å². The summed E-state index contributed by atoms with van der Waals surface area (Å²) in [5, 5.41) is 4.89. The van der Waals surface area contributed by atoms with E-state index in [1.165, 1.54) is 0 Å². The van der Waals surface area contributed by atoms with Crippen LogP contribution in [0.1, 0.15) is 17.4 Å². The number of carbonyl (C=O) groups is 1. The SMILES string of the molecule is C[C@H]1CNCCN1C(=O)c1ccc2ccc(Cl)cc2n1. The lowest BCUT2D eigenvalue weighted by atomic mass is 10.1. The smallest absolute Gasteiger partial charge is 0.272 e. The molecule has 2 aromatic rings. The molecule has 0 unspecified atom stereocenters. The predicted molar refractivity (Wildman–Crippen MR) is 80.1 cm³/mol. The monoisotopic (exact) mass is 289 g/mol. The Morgan fingerprint density at radius 1 is 1.40 bits per heavy atom.